The van der Waals surface area contributed by atoms with Gasteiger partial charge in [0.1, 0.15) is 5.82 Å². The predicted molar refractivity (Wildman–Crippen MR) is 65.1 cm³/mol. The van der Waals surface area contributed by atoms with Crippen LogP contribution in [0.2, 0.25) is 0 Å². The summed E-state index contributed by atoms with van der Waals surface area (Å²) in [4.78, 5) is 18.4. The number of aromatic nitrogens is 4. The van der Waals surface area contributed by atoms with Crippen molar-refractivity contribution < 1.29 is 4.92 Å². The largest absolute Gasteiger partial charge is 0.406 e. The highest BCUT2D eigenvalue weighted by atomic mass is 16.6. The molecule has 0 spiro atoms. The van der Waals surface area contributed by atoms with E-state index in [-0.39, 0.29) is 5.82 Å². The van der Waals surface area contributed by atoms with Crippen molar-refractivity contribution >= 4 is 11.6 Å². The lowest BCUT2D eigenvalue weighted by Crippen LogP contribution is -2.09. The SMILES string of the molecule is Cc1nc([N+](=O)[O-])c(NCc2nccn2C)n1C. The number of hydrogen-bond donors (Lipinski definition) is 1. The van der Waals surface area contributed by atoms with Gasteiger partial charge < -0.3 is 20.0 Å². The number of aryl methyl sites for hydroxylation is 2. The minimum Gasteiger partial charge on any atom is -0.358 e. The fraction of sp³-hybridized carbons (Fsp3) is 0.400. The first-order valence-corrected chi connectivity index (χ1v) is 5.38. The zero-order valence-corrected chi connectivity index (χ0v) is 10.4. The molecule has 0 unspecified atom stereocenters. The Bertz CT molecular complexity index is 585. The first kappa shape index (κ1) is 12.1. The van der Waals surface area contributed by atoms with Crippen LogP contribution in [0.3, 0.4) is 0 Å². The second kappa shape index (κ2) is 4.47. The number of rotatable bonds is 4. The lowest BCUT2D eigenvalue weighted by atomic mass is 10.5. The van der Waals surface area contributed by atoms with E-state index in [1.165, 1.54) is 0 Å². The standard InChI is InChI=1S/C10H14N6O2/c1-7-13-10(16(17)18)9(15(7)3)12-6-8-11-4-5-14(8)2/h4-5,12H,6H2,1-3H3. The molecule has 0 amide bonds. The maximum atomic E-state index is 10.9. The van der Waals surface area contributed by atoms with E-state index >= 15 is 0 Å². The third-order valence-electron chi connectivity index (χ3n) is 2.81. The molecule has 0 saturated heterocycles. The van der Waals surface area contributed by atoms with E-state index in [1.807, 2.05) is 17.8 Å². The molecule has 2 aromatic rings. The van der Waals surface area contributed by atoms with Gasteiger partial charge in [0.25, 0.3) is 0 Å². The first-order valence-electron chi connectivity index (χ1n) is 5.38. The van der Waals surface area contributed by atoms with Crippen LogP contribution in [-0.2, 0) is 20.6 Å². The van der Waals surface area contributed by atoms with Gasteiger partial charge in [-0.1, -0.05) is 0 Å². The molecule has 18 heavy (non-hydrogen) atoms. The molecule has 0 saturated carbocycles. The summed E-state index contributed by atoms with van der Waals surface area (Å²) in [7, 11) is 3.60. The fourth-order valence-electron chi connectivity index (χ4n) is 1.65. The van der Waals surface area contributed by atoms with E-state index in [0.29, 0.717) is 18.2 Å². The van der Waals surface area contributed by atoms with Crippen molar-refractivity contribution in [3.05, 3.63) is 34.2 Å². The number of imidazole rings is 2. The van der Waals surface area contributed by atoms with Crippen LogP contribution >= 0.6 is 0 Å². The minimum absolute atomic E-state index is 0.163. The third-order valence-corrected chi connectivity index (χ3v) is 2.81. The summed E-state index contributed by atoms with van der Waals surface area (Å²) in [6, 6.07) is 0. The molecule has 2 aromatic heterocycles. The van der Waals surface area contributed by atoms with Crippen LogP contribution in [0.15, 0.2) is 12.4 Å². The quantitative estimate of drug-likeness (QED) is 0.645. The molecular weight excluding hydrogens is 236 g/mol. The van der Waals surface area contributed by atoms with E-state index in [2.05, 4.69) is 15.3 Å². The maximum absolute atomic E-state index is 10.9. The molecular formula is C10H14N6O2. The van der Waals surface area contributed by atoms with Gasteiger partial charge in [-0.25, -0.2) is 4.98 Å². The number of nitro groups is 1. The Morgan fingerprint density at radius 1 is 1.50 bits per heavy atom. The van der Waals surface area contributed by atoms with Crippen LogP contribution in [0.25, 0.3) is 0 Å². The van der Waals surface area contributed by atoms with Gasteiger partial charge in [-0.3, -0.25) is 4.57 Å². The average Bonchev–Trinajstić information content (AvgIpc) is 2.83. The van der Waals surface area contributed by atoms with Crippen molar-refractivity contribution in [2.75, 3.05) is 5.32 Å². The van der Waals surface area contributed by atoms with Crippen molar-refractivity contribution in [3.63, 3.8) is 0 Å². The van der Waals surface area contributed by atoms with E-state index in [4.69, 9.17) is 0 Å². The van der Waals surface area contributed by atoms with Crippen LogP contribution in [0.5, 0.6) is 0 Å². The Balaban J connectivity index is 2.24. The summed E-state index contributed by atoms with van der Waals surface area (Å²) in [6.07, 6.45) is 3.50. The van der Waals surface area contributed by atoms with Gasteiger partial charge in [0.15, 0.2) is 0 Å². The highest BCUT2D eigenvalue weighted by Crippen LogP contribution is 2.23. The molecule has 2 heterocycles. The van der Waals surface area contributed by atoms with Crippen LogP contribution < -0.4 is 5.32 Å². The summed E-state index contributed by atoms with van der Waals surface area (Å²) in [5, 5.41) is 13.9. The highest BCUT2D eigenvalue weighted by Gasteiger charge is 2.23. The molecule has 0 aliphatic carbocycles. The van der Waals surface area contributed by atoms with Gasteiger partial charge in [0.2, 0.25) is 11.6 Å². The zero-order valence-electron chi connectivity index (χ0n) is 10.4. The second-order valence-electron chi connectivity index (χ2n) is 3.96. The molecule has 1 N–H and O–H groups in total. The summed E-state index contributed by atoms with van der Waals surface area (Å²) >= 11 is 0. The van der Waals surface area contributed by atoms with Crippen LogP contribution in [0, 0.1) is 17.0 Å². The third kappa shape index (κ3) is 2.04. The van der Waals surface area contributed by atoms with Crippen molar-refractivity contribution in [1.29, 1.82) is 0 Å². The molecule has 0 aromatic carbocycles. The minimum atomic E-state index is -0.492. The van der Waals surface area contributed by atoms with Gasteiger partial charge in [-0.05, 0) is 9.91 Å². The zero-order chi connectivity index (χ0) is 13.3. The number of hydrogen-bond acceptors (Lipinski definition) is 5. The summed E-state index contributed by atoms with van der Waals surface area (Å²) in [5.41, 5.74) is 0. The molecule has 0 bridgehead atoms. The van der Waals surface area contributed by atoms with Crippen molar-refractivity contribution in [2.45, 2.75) is 13.5 Å². The summed E-state index contributed by atoms with van der Waals surface area (Å²) in [5.74, 6) is 1.61. The molecule has 0 radical (unpaired) electrons. The molecule has 8 heteroatoms. The Hall–Kier alpha value is -2.38. The summed E-state index contributed by atoms with van der Waals surface area (Å²) in [6.45, 7) is 2.13. The van der Waals surface area contributed by atoms with Gasteiger partial charge in [-0.2, -0.15) is 0 Å². The van der Waals surface area contributed by atoms with Gasteiger partial charge in [0, 0.05) is 33.4 Å². The van der Waals surface area contributed by atoms with Crippen molar-refractivity contribution in [3.8, 4) is 0 Å². The molecule has 0 atom stereocenters. The number of nitrogens with zero attached hydrogens (tertiary/aromatic N) is 5. The Kier molecular flexibility index (Phi) is 3.00. The maximum Gasteiger partial charge on any atom is 0.406 e. The monoisotopic (exact) mass is 250 g/mol. The van der Waals surface area contributed by atoms with E-state index in [0.717, 1.165) is 5.82 Å². The van der Waals surface area contributed by atoms with Crippen molar-refractivity contribution in [2.24, 2.45) is 14.1 Å². The Morgan fingerprint density at radius 3 is 2.78 bits per heavy atom. The lowest BCUT2D eigenvalue weighted by Gasteiger charge is -2.06. The smallest absolute Gasteiger partial charge is 0.358 e. The molecule has 0 aliphatic heterocycles. The van der Waals surface area contributed by atoms with Crippen LogP contribution in [0.4, 0.5) is 11.6 Å². The highest BCUT2D eigenvalue weighted by molar-refractivity contribution is 5.53. The van der Waals surface area contributed by atoms with E-state index in [9.17, 15) is 10.1 Å². The van der Waals surface area contributed by atoms with E-state index < -0.39 is 4.92 Å². The topological polar surface area (TPSA) is 90.8 Å². The van der Waals surface area contributed by atoms with Gasteiger partial charge in [0.05, 0.1) is 6.54 Å². The Morgan fingerprint density at radius 2 is 2.22 bits per heavy atom. The molecule has 96 valence electrons. The first-order chi connectivity index (χ1) is 8.50. The molecule has 8 nitrogen and oxygen atoms in total. The Labute approximate surface area is 103 Å². The summed E-state index contributed by atoms with van der Waals surface area (Å²) < 4.78 is 3.50. The average molecular weight is 250 g/mol. The van der Waals surface area contributed by atoms with Gasteiger partial charge in [-0.15, -0.1) is 0 Å². The molecule has 2 rings (SSSR count). The lowest BCUT2D eigenvalue weighted by molar-refractivity contribution is -0.388. The van der Waals surface area contributed by atoms with E-state index in [1.54, 1.807) is 24.7 Å². The molecule has 0 aliphatic rings. The second-order valence-corrected chi connectivity index (χ2v) is 3.96. The predicted octanol–water partition coefficient (Wildman–Crippen LogP) is 0.982. The van der Waals surface area contributed by atoms with Gasteiger partial charge >= 0.3 is 5.82 Å². The van der Waals surface area contributed by atoms with Crippen LogP contribution in [0.1, 0.15) is 11.6 Å². The normalized spacial score (nSPS) is 10.6. The van der Waals surface area contributed by atoms with Crippen LogP contribution in [-0.4, -0.2) is 24.0 Å². The fourth-order valence-corrected chi connectivity index (χ4v) is 1.65. The molecule has 0 fully saturated rings. The number of anilines is 1. The van der Waals surface area contributed by atoms with Crippen molar-refractivity contribution in [1.82, 2.24) is 19.1 Å². The number of nitrogens with one attached hydrogen (secondary N) is 1.